The van der Waals surface area contributed by atoms with Crippen molar-refractivity contribution in [1.29, 1.82) is 0 Å². The standard InChI is InChI=1S/C15H13N3O/c19-15(10-9-13-6-2-1-3-7-13)18-17-12-14-8-4-5-11-16-14/h1-12H,(H,18,19)/b10-9+,17-12?. The fourth-order valence-electron chi connectivity index (χ4n) is 1.39. The summed E-state index contributed by atoms with van der Waals surface area (Å²) in [5.41, 5.74) is 4.06. The van der Waals surface area contributed by atoms with Crippen LogP contribution in [0.2, 0.25) is 0 Å². The lowest BCUT2D eigenvalue weighted by Gasteiger charge is -1.94. The monoisotopic (exact) mass is 251 g/mol. The first-order chi connectivity index (χ1) is 9.34. The van der Waals surface area contributed by atoms with Crippen LogP contribution < -0.4 is 5.43 Å². The molecule has 0 atom stereocenters. The van der Waals surface area contributed by atoms with Gasteiger partial charge in [0.2, 0.25) is 0 Å². The Kier molecular flexibility index (Phi) is 4.58. The van der Waals surface area contributed by atoms with E-state index in [1.807, 2.05) is 42.5 Å². The Hall–Kier alpha value is -2.75. The summed E-state index contributed by atoms with van der Waals surface area (Å²) in [7, 11) is 0. The van der Waals surface area contributed by atoms with Crippen molar-refractivity contribution in [2.75, 3.05) is 0 Å². The predicted molar refractivity (Wildman–Crippen MR) is 75.4 cm³/mol. The van der Waals surface area contributed by atoms with Crippen LogP contribution in [0.5, 0.6) is 0 Å². The molecule has 2 aromatic rings. The van der Waals surface area contributed by atoms with Crippen LogP contribution in [0.15, 0.2) is 65.9 Å². The number of carbonyl (C=O) groups is 1. The molecule has 1 aromatic heterocycles. The summed E-state index contributed by atoms with van der Waals surface area (Å²) in [6.45, 7) is 0. The van der Waals surface area contributed by atoms with Gasteiger partial charge in [-0.3, -0.25) is 9.78 Å². The molecular formula is C15H13N3O. The lowest BCUT2D eigenvalue weighted by molar-refractivity contribution is -0.116. The number of amides is 1. The van der Waals surface area contributed by atoms with Crippen LogP contribution >= 0.6 is 0 Å². The van der Waals surface area contributed by atoms with E-state index in [9.17, 15) is 4.79 Å². The van der Waals surface area contributed by atoms with E-state index >= 15 is 0 Å². The third kappa shape index (κ3) is 4.55. The van der Waals surface area contributed by atoms with Crippen LogP contribution in [0.3, 0.4) is 0 Å². The summed E-state index contributed by atoms with van der Waals surface area (Å²) in [6.07, 6.45) is 6.32. The van der Waals surface area contributed by atoms with Crippen LogP contribution in [0.4, 0.5) is 0 Å². The summed E-state index contributed by atoms with van der Waals surface area (Å²) in [4.78, 5) is 15.5. The summed E-state index contributed by atoms with van der Waals surface area (Å²) < 4.78 is 0. The lowest BCUT2D eigenvalue weighted by Crippen LogP contribution is -2.14. The van der Waals surface area contributed by atoms with Crippen molar-refractivity contribution in [2.24, 2.45) is 5.10 Å². The maximum atomic E-state index is 11.5. The van der Waals surface area contributed by atoms with Gasteiger partial charge in [-0.15, -0.1) is 0 Å². The molecule has 1 heterocycles. The molecule has 0 aliphatic carbocycles. The van der Waals surface area contributed by atoms with Gasteiger partial charge in [0.25, 0.3) is 5.91 Å². The molecule has 19 heavy (non-hydrogen) atoms. The Morgan fingerprint density at radius 3 is 2.63 bits per heavy atom. The molecule has 0 spiro atoms. The summed E-state index contributed by atoms with van der Waals surface area (Å²) in [6, 6.07) is 15.1. The van der Waals surface area contributed by atoms with Gasteiger partial charge in [0.1, 0.15) is 0 Å². The minimum absolute atomic E-state index is 0.281. The first-order valence-corrected chi connectivity index (χ1v) is 5.82. The number of carbonyl (C=O) groups excluding carboxylic acids is 1. The normalized spacial score (nSPS) is 10.9. The molecule has 0 fully saturated rings. The van der Waals surface area contributed by atoms with Gasteiger partial charge in [0.15, 0.2) is 0 Å². The van der Waals surface area contributed by atoms with Crippen LogP contribution in [-0.4, -0.2) is 17.1 Å². The number of rotatable bonds is 4. The Bertz CT molecular complexity index is 577. The average Bonchev–Trinajstić information content (AvgIpc) is 2.47. The van der Waals surface area contributed by atoms with Crippen LogP contribution in [0, 0.1) is 0 Å². The van der Waals surface area contributed by atoms with Crippen LogP contribution in [0.1, 0.15) is 11.3 Å². The van der Waals surface area contributed by atoms with Crippen molar-refractivity contribution in [1.82, 2.24) is 10.4 Å². The fraction of sp³-hybridized carbons (Fsp3) is 0. The predicted octanol–water partition coefficient (Wildman–Crippen LogP) is 2.25. The van der Waals surface area contributed by atoms with Gasteiger partial charge < -0.3 is 0 Å². The molecule has 2 rings (SSSR count). The van der Waals surface area contributed by atoms with E-state index < -0.39 is 0 Å². The third-order valence-corrected chi connectivity index (χ3v) is 2.29. The van der Waals surface area contributed by atoms with Gasteiger partial charge in [0, 0.05) is 12.3 Å². The number of nitrogens with zero attached hydrogens (tertiary/aromatic N) is 2. The highest BCUT2D eigenvalue weighted by molar-refractivity contribution is 5.92. The molecule has 1 N–H and O–H groups in total. The average molecular weight is 251 g/mol. The van der Waals surface area contributed by atoms with Crippen molar-refractivity contribution in [2.45, 2.75) is 0 Å². The number of aromatic nitrogens is 1. The Morgan fingerprint density at radius 2 is 1.89 bits per heavy atom. The second-order valence-electron chi connectivity index (χ2n) is 3.73. The molecule has 0 bridgehead atoms. The number of benzene rings is 1. The quantitative estimate of drug-likeness (QED) is 0.514. The highest BCUT2D eigenvalue weighted by Crippen LogP contribution is 2.00. The highest BCUT2D eigenvalue weighted by Gasteiger charge is 1.92. The summed E-state index contributed by atoms with van der Waals surface area (Å²) in [5.74, 6) is -0.281. The molecular weight excluding hydrogens is 238 g/mol. The first-order valence-electron chi connectivity index (χ1n) is 5.82. The van der Waals surface area contributed by atoms with E-state index in [0.29, 0.717) is 5.69 Å². The van der Waals surface area contributed by atoms with E-state index in [1.54, 1.807) is 18.3 Å². The molecule has 1 aromatic carbocycles. The minimum Gasteiger partial charge on any atom is -0.268 e. The maximum absolute atomic E-state index is 11.5. The first kappa shape index (κ1) is 12.7. The zero-order valence-corrected chi connectivity index (χ0v) is 10.2. The molecule has 0 radical (unpaired) electrons. The summed E-state index contributed by atoms with van der Waals surface area (Å²) >= 11 is 0. The number of hydrogen-bond acceptors (Lipinski definition) is 3. The summed E-state index contributed by atoms with van der Waals surface area (Å²) in [5, 5.41) is 3.82. The largest absolute Gasteiger partial charge is 0.268 e. The maximum Gasteiger partial charge on any atom is 0.264 e. The van der Waals surface area contributed by atoms with E-state index in [0.717, 1.165) is 5.56 Å². The molecule has 94 valence electrons. The zero-order valence-electron chi connectivity index (χ0n) is 10.2. The molecule has 4 heteroatoms. The van der Waals surface area contributed by atoms with Crippen molar-refractivity contribution in [3.8, 4) is 0 Å². The van der Waals surface area contributed by atoms with Crippen molar-refractivity contribution < 1.29 is 4.79 Å². The van der Waals surface area contributed by atoms with E-state index in [1.165, 1.54) is 12.3 Å². The van der Waals surface area contributed by atoms with E-state index in [2.05, 4.69) is 15.5 Å². The topological polar surface area (TPSA) is 54.4 Å². The molecule has 0 unspecified atom stereocenters. The second-order valence-corrected chi connectivity index (χ2v) is 3.73. The van der Waals surface area contributed by atoms with Crippen LogP contribution in [-0.2, 0) is 4.79 Å². The zero-order chi connectivity index (χ0) is 13.3. The Balaban J connectivity index is 1.85. The smallest absolute Gasteiger partial charge is 0.264 e. The van der Waals surface area contributed by atoms with Gasteiger partial charge in [-0.05, 0) is 23.8 Å². The van der Waals surface area contributed by atoms with Gasteiger partial charge in [-0.25, -0.2) is 5.43 Å². The van der Waals surface area contributed by atoms with Gasteiger partial charge in [-0.1, -0.05) is 36.4 Å². The van der Waals surface area contributed by atoms with E-state index in [-0.39, 0.29) is 5.91 Å². The van der Waals surface area contributed by atoms with Crippen LogP contribution in [0.25, 0.3) is 6.08 Å². The van der Waals surface area contributed by atoms with Gasteiger partial charge in [-0.2, -0.15) is 5.10 Å². The molecule has 0 aliphatic rings. The van der Waals surface area contributed by atoms with E-state index in [4.69, 9.17) is 0 Å². The number of nitrogens with one attached hydrogen (secondary N) is 1. The fourth-order valence-corrected chi connectivity index (χ4v) is 1.39. The second kappa shape index (κ2) is 6.86. The van der Waals surface area contributed by atoms with Crippen molar-refractivity contribution >= 4 is 18.2 Å². The number of pyridine rings is 1. The molecule has 0 aliphatic heterocycles. The van der Waals surface area contributed by atoms with Gasteiger partial charge >= 0.3 is 0 Å². The molecule has 1 amide bonds. The lowest BCUT2D eigenvalue weighted by atomic mass is 10.2. The number of hydrogen-bond donors (Lipinski definition) is 1. The Labute approximate surface area is 111 Å². The third-order valence-electron chi connectivity index (χ3n) is 2.29. The minimum atomic E-state index is -0.281. The molecule has 0 saturated heterocycles. The van der Waals surface area contributed by atoms with Gasteiger partial charge in [0.05, 0.1) is 11.9 Å². The van der Waals surface area contributed by atoms with Crippen molar-refractivity contribution in [3.63, 3.8) is 0 Å². The highest BCUT2D eigenvalue weighted by atomic mass is 16.2. The Morgan fingerprint density at radius 1 is 1.11 bits per heavy atom. The van der Waals surface area contributed by atoms with Crippen molar-refractivity contribution in [3.05, 3.63) is 72.1 Å². The SMILES string of the molecule is O=C(/C=C/c1ccccc1)NN=Cc1ccccn1. The molecule has 0 saturated carbocycles. The number of hydrazone groups is 1. The molecule has 4 nitrogen and oxygen atoms in total.